The molecule has 1 aliphatic rings. The summed E-state index contributed by atoms with van der Waals surface area (Å²) >= 11 is 0. The van der Waals surface area contributed by atoms with E-state index in [0.29, 0.717) is 25.2 Å². The number of halogens is 1. The average molecular weight is 551 g/mol. The SMILES string of the molecule is Cc1ccc(C(O)c2c(Oc3cncc(F)c3)cnc3c2c(=O)n(CCCOC2CCCCO2)c(=O)n3C)cc1. The maximum Gasteiger partial charge on any atom is 0.332 e. The molecule has 0 radical (unpaired) electrons. The van der Waals surface area contributed by atoms with Crippen LogP contribution in [0, 0.1) is 12.7 Å². The van der Waals surface area contributed by atoms with E-state index >= 15 is 0 Å². The Morgan fingerprint density at radius 1 is 1.18 bits per heavy atom. The van der Waals surface area contributed by atoms with Crippen LogP contribution in [-0.4, -0.2) is 43.7 Å². The molecule has 0 spiro atoms. The van der Waals surface area contributed by atoms with Gasteiger partial charge in [-0.1, -0.05) is 29.8 Å². The van der Waals surface area contributed by atoms with Gasteiger partial charge in [-0.15, -0.1) is 0 Å². The van der Waals surface area contributed by atoms with Crippen LogP contribution in [-0.2, 0) is 23.1 Å². The quantitative estimate of drug-likeness (QED) is 0.313. The van der Waals surface area contributed by atoms with Crippen molar-refractivity contribution >= 4 is 11.0 Å². The van der Waals surface area contributed by atoms with Crippen molar-refractivity contribution in [1.82, 2.24) is 19.1 Å². The molecule has 0 aliphatic carbocycles. The minimum absolute atomic E-state index is 0.0218. The van der Waals surface area contributed by atoms with E-state index in [0.717, 1.165) is 41.7 Å². The van der Waals surface area contributed by atoms with Crippen molar-refractivity contribution in [2.24, 2.45) is 7.05 Å². The fourth-order valence-electron chi connectivity index (χ4n) is 4.78. The monoisotopic (exact) mass is 550 g/mol. The fourth-order valence-corrected chi connectivity index (χ4v) is 4.78. The summed E-state index contributed by atoms with van der Waals surface area (Å²) in [4.78, 5) is 35.2. The van der Waals surface area contributed by atoms with Gasteiger partial charge in [0, 0.05) is 31.8 Å². The second-order valence-electron chi connectivity index (χ2n) is 9.81. The molecule has 2 unspecified atom stereocenters. The first-order chi connectivity index (χ1) is 19.3. The van der Waals surface area contributed by atoms with Gasteiger partial charge in [-0.2, -0.15) is 0 Å². The van der Waals surface area contributed by atoms with Gasteiger partial charge in [-0.05, 0) is 38.2 Å². The number of pyridine rings is 2. The molecule has 1 aromatic carbocycles. The highest BCUT2D eigenvalue weighted by Gasteiger charge is 2.26. The Balaban J connectivity index is 1.58. The van der Waals surface area contributed by atoms with E-state index in [-0.39, 0.29) is 40.9 Å². The number of aliphatic hydroxyl groups excluding tert-OH is 1. The summed E-state index contributed by atoms with van der Waals surface area (Å²) in [6, 6.07) is 8.29. The molecule has 0 bridgehead atoms. The summed E-state index contributed by atoms with van der Waals surface area (Å²) in [5.41, 5.74) is 0.522. The normalized spacial score (nSPS) is 16.2. The van der Waals surface area contributed by atoms with Crippen LogP contribution in [0.5, 0.6) is 11.5 Å². The van der Waals surface area contributed by atoms with Crippen molar-refractivity contribution in [1.29, 1.82) is 0 Å². The van der Waals surface area contributed by atoms with E-state index in [4.69, 9.17) is 14.2 Å². The molecule has 0 saturated carbocycles. The van der Waals surface area contributed by atoms with Gasteiger partial charge in [-0.25, -0.2) is 14.2 Å². The highest BCUT2D eigenvalue weighted by atomic mass is 19.1. The lowest BCUT2D eigenvalue weighted by Crippen LogP contribution is -2.40. The molecule has 3 aromatic heterocycles. The van der Waals surface area contributed by atoms with Gasteiger partial charge < -0.3 is 19.3 Å². The van der Waals surface area contributed by atoms with Crippen LogP contribution in [0.1, 0.15) is 48.5 Å². The lowest BCUT2D eigenvalue weighted by molar-refractivity contribution is -0.163. The minimum Gasteiger partial charge on any atom is -0.454 e. The number of aryl methyl sites for hydroxylation is 2. The highest BCUT2D eigenvalue weighted by molar-refractivity contribution is 5.81. The van der Waals surface area contributed by atoms with Gasteiger partial charge in [0.15, 0.2) is 12.0 Å². The van der Waals surface area contributed by atoms with Crippen molar-refractivity contribution in [2.45, 2.75) is 51.5 Å². The van der Waals surface area contributed by atoms with Crippen LogP contribution in [0.25, 0.3) is 11.0 Å². The topological polar surface area (TPSA) is 118 Å². The number of hydrogen-bond donors (Lipinski definition) is 1. The Hall–Kier alpha value is -3.93. The van der Waals surface area contributed by atoms with Crippen molar-refractivity contribution in [3.05, 3.63) is 92.3 Å². The number of ether oxygens (including phenoxy) is 3. The average Bonchev–Trinajstić information content (AvgIpc) is 2.96. The highest BCUT2D eigenvalue weighted by Crippen LogP contribution is 2.36. The molecule has 1 aliphatic heterocycles. The van der Waals surface area contributed by atoms with E-state index in [1.54, 1.807) is 12.1 Å². The van der Waals surface area contributed by atoms with Gasteiger partial charge >= 0.3 is 5.69 Å². The van der Waals surface area contributed by atoms with E-state index in [1.165, 1.54) is 24.0 Å². The molecule has 4 heterocycles. The Kier molecular flexibility index (Phi) is 8.34. The van der Waals surface area contributed by atoms with E-state index in [2.05, 4.69) is 9.97 Å². The number of benzene rings is 1. The summed E-state index contributed by atoms with van der Waals surface area (Å²) in [5, 5.41) is 11.6. The molecule has 11 heteroatoms. The second-order valence-corrected chi connectivity index (χ2v) is 9.81. The molecule has 40 heavy (non-hydrogen) atoms. The number of nitrogens with zero attached hydrogens (tertiary/aromatic N) is 4. The summed E-state index contributed by atoms with van der Waals surface area (Å²) in [7, 11) is 1.51. The first-order valence-corrected chi connectivity index (χ1v) is 13.2. The summed E-state index contributed by atoms with van der Waals surface area (Å²) in [6.45, 7) is 2.98. The Morgan fingerprint density at radius 3 is 2.70 bits per heavy atom. The molecular weight excluding hydrogens is 519 g/mol. The number of fused-ring (bicyclic) bond motifs is 1. The minimum atomic E-state index is -1.31. The first kappa shape index (κ1) is 27.6. The second kappa shape index (κ2) is 12.1. The van der Waals surface area contributed by atoms with Crippen LogP contribution >= 0.6 is 0 Å². The predicted octanol–water partition coefficient (Wildman–Crippen LogP) is 3.75. The standard InChI is InChI=1S/C29H31FN4O6/c1-18-7-9-19(10-8-18)26(35)24-22(40-21-14-20(30)15-31-16-21)17-32-27-25(24)28(36)34(29(37)33(27)2)11-5-13-39-23-6-3-4-12-38-23/h7-10,14-17,23,26,35H,3-6,11-13H2,1-2H3. The van der Waals surface area contributed by atoms with Crippen LogP contribution in [0.3, 0.4) is 0 Å². The predicted molar refractivity (Wildman–Crippen MR) is 145 cm³/mol. The van der Waals surface area contributed by atoms with Crippen molar-refractivity contribution in [3.8, 4) is 11.5 Å². The molecule has 10 nitrogen and oxygen atoms in total. The molecule has 0 amide bonds. The van der Waals surface area contributed by atoms with Crippen molar-refractivity contribution < 1.29 is 23.7 Å². The number of rotatable bonds is 9. The maximum absolute atomic E-state index is 13.9. The zero-order chi connectivity index (χ0) is 28.2. The van der Waals surface area contributed by atoms with Gasteiger partial charge in [0.1, 0.15) is 23.3 Å². The van der Waals surface area contributed by atoms with Crippen molar-refractivity contribution in [2.75, 3.05) is 13.2 Å². The lowest BCUT2D eigenvalue weighted by Gasteiger charge is -2.22. The maximum atomic E-state index is 13.9. The zero-order valence-electron chi connectivity index (χ0n) is 22.4. The number of aromatic nitrogens is 4. The lowest BCUT2D eigenvalue weighted by atomic mass is 9.98. The number of aliphatic hydroxyl groups is 1. The molecule has 1 fully saturated rings. The first-order valence-electron chi connectivity index (χ1n) is 13.2. The molecule has 5 rings (SSSR count). The van der Waals surface area contributed by atoms with Crippen LogP contribution in [0.2, 0.25) is 0 Å². The van der Waals surface area contributed by atoms with Crippen LogP contribution < -0.4 is 16.0 Å². The van der Waals surface area contributed by atoms with Gasteiger partial charge in [0.25, 0.3) is 5.56 Å². The fraction of sp³-hybridized carbons (Fsp3) is 0.379. The molecular formula is C29H31FN4O6. The number of hydrogen-bond acceptors (Lipinski definition) is 8. The van der Waals surface area contributed by atoms with E-state index in [9.17, 15) is 19.1 Å². The third-order valence-electron chi connectivity index (χ3n) is 6.90. The van der Waals surface area contributed by atoms with Gasteiger partial charge in [0.2, 0.25) is 0 Å². The molecule has 2 atom stereocenters. The smallest absolute Gasteiger partial charge is 0.332 e. The van der Waals surface area contributed by atoms with Gasteiger partial charge in [-0.3, -0.25) is 18.9 Å². The van der Waals surface area contributed by atoms with Gasteiger partial charge in [0.05, 0.1) is 30.6 Å². The molecule has 210 valence electrons. The third-order valence-corrected chi connectivity index (χ3v) is 6.90. The zero-order valence-corrected chi connectivity index (χ0v) is 22.4. The largest absolute Gasteiger partial charge is 0.454 e. The van der Waals surface area contributed by atoms with E-state index < -0.39 is 23.2 Å². The third kappa shape index (κ3) is 5.81. The molecule has 4 aromatic rings. The van der Waals surface area contributed by atoms with Crippen molar-refractivity contribution in [3.63, 3.8) is 0 Å². The van der Waals surface area contributed by atoms with Crippen LogP contribution in [0.4, 0.5) is 4.39 Å². The Bertz CT molecular complexity index is 1610. The Labute approximate surface area is 229 Å². The Morgan fingerprint density at radius 2 is 1.98 bits per heavy atom. The van der Waals surface area contributed by atoms with Crippen LogP contribution in [0.15, 0.2) is 58.5 Å². The van der Waals surface area contributed by atoms with E-state index in [1.807, 2.05) is 19.1 Å². The summed E-state index contributed by atoms with van der Waals surface area (Å²) in [6.07, 6.45) is 5.31. The summed E-state index contributed by atoms with van der Waals surface area (Å²) < 4.78 is 33.5. The molecule has 1 N–H and O–H groups in total. The molecule has 1 saturated heterocycles. The summed E-state index contributed by atoms with van der Waals surface area (Å²) in [5.74, 6) is -0.517.